The molecule has 0 aliphatic carbocycles. The number of hydrogen-bond acceptors (Lipinski definition) is 7. The fourth-order valence-corrected chi connectivity index (χ4v) is 5.21. The predicted octanol–water partition coefficient (Wildman–Crippen LogP) is 5.65. The van der Waals surface area contributed by atoms with Crippen LogP contribution in [0.4, 0.5) is 5.13 Å². The van der Waals surface area contributed by atoms with E-state index in [9.17, 15) is 9.59 Å². The number of furan rings is 1. The molecule has 9 heteroatoms. The van der Waals surface area contributed by atoms with Crippen molar-refractivity contribution in [3.8, 4) is 11.5 Å². The third-order valence-electron chi connectivity index (χ3n) is 4.26. The van der Waals surface area contributed by atoms with Gasteiger partial charge in [-0.25, -0.2) is 4.98 Å². The molecule has 0 bridgehead atoms. The summed E-state index contributed by atoms with van der Waals surface area (Å²) in [5.41, 5.74) is 2.50. The number of carbonyl (C=O) groups excluding carboxylic acids is 2. The number of amides is 2. The topological polar surface area (TPSA) is 84.2 Å². The third kappa shape index (κ3) is 5.63. The van der Waals surface area contributed by atoms with Crippen LogP contribution in [0.25, 0.3) is 11.5 Å². The van der Waals surface area contributed by atoms with Crippen molar-refractivity contribution >= 4 is 51.4 Å². The molecule has 0 saturated carbocycles. The lowest BCUT2D eigenvalue weighted by atomic mass is 10.2. The zero-order valence-electron chi connectivity index (χ0n) is 16.6. The second-order valence-electron chi connectivity index (χ2n) is 6.58. The Morgan fingerprint density at radius 1 is 1.13 bits per heavy atom. The van der Waals surface area contributed by atoms with Crippen LogP contribution in [0.5, 0.6) is 0 Å². The molecule has 2 amide bonds. The summed E-state index contributed by atoms with van der Waals surface area (Å²) in [5, 5.41) is 12.1. The number of carbonyl (C=O) groups is 2. The zero-order valence-corrected chi connectivity index (χ0v) is 19.0. The molecule has 3 heterocycles. The molecule has 4 aromatic rings. The van der Waals surface area contributed by atoms with Gasteiger partial charge in [0.05, 0.1) is 12.1 Å². The van der Waals surface area contributed by atoms with Gasteiger partial charge in [0.25, 0.3) is 5.91 Å². The number of aromatic nitrogens is 1. The molecule has 0 saturated heterocycles. The maximum absolute atomic E-state index is 12.9. The molecule has 3 aromatic heterocycles. The Labute approximate surface area is 191 Å². The van der Waals surface area contributed by atoms with E-state index in [1.54, 1.807) is 35.2 Å². The smallest absolute Gasteiger partial charge is 0.258 e. The maximum Gasteiger partial charge on any atom is 0.258 e. The highest BCUT2D eigenvalue weighted by atomic mass is 32.2. The first-order chi connectivity index (χ1) is 15.1. The number of anilines is 1. The highest BCUT2D eigenvalue weighted by Crippen LogP contribution is 2.30. The van der Waals surface area contributed by atoms with Crippen LogP contribution in [0, 0.1) is 0 Å². The van der Waals surface area contributed by atoms with Gasteiger partial charge in [-0.05, 0) is 46.7 Å². The molecule has 2 N–H and O–H groups in total. The SMILES string of the molecule is CC(=O)NCc1ccc(-c2csc(NC(=O)c3ccccc3SCc3ccsc3)n2)o1. The van der Waals surface area contributed by atoms with E-state index in [1.165, 1.54) is 23.8 Å². The quantitative estimate of drug-likeness (QED) is 0.326. The molecular formula is C22H19N3O3S3. The van der Waals surface area contributed by atoms with E-state index in [1.807, 2.05) is 29.6 Å². The standard InChI is InChI=1S/C22H19N3O3S3/c1-14(26)23-10-16-6-7-19(28-16)18-13-31-22(24-18)25-21(27)17-4-2-3-5-20(17)30-12-15-8-9-29-11-15/h2-9,11,13H,10,12H2,1H3,(H,23,26)(H,24,25,27). The molecule has 0 unspecified atom stereocenters. The van der Waals surface area contributed by atoms with Crippen molar-refractivity contribution in [1.82, 2.24) is 10.3 Å². The van der Waals surface area contributed by atoms with Gasteiger partial charge in [0.2, 0.25) is 5.91 Å². The van der Waals surface area contributed by atoms with E-state index >= 15 is 0 Å². The third-order valence-corrected chi connectivity index (χ3v) is 6.89. The van der Waals surface area contributed by atoms with Crippen molar-refractivity contribution in [1.29, 1.82) is 0 Å². The van der Waals surface area contributed by atoms with Crippen molar-refractivity contribution in [3.05, 3.63) is 75.5 Å². The Hall–Kier alpha value is -2.88. The Bertz CT molecular complexity index is 1180. The summed E-state index contributed by atoms with van der Waals surface area (Å²) in [5.74, 6) is 1.73. The largest absolute Gasteiger partial charge is 0.458 e. The minimum Gasteiger partial charge on any atom is -0.458 e. The van der Waals surface area contributed by atoms with Crippen molar-refractivity contribution in [3.63, 3.8) is 0 Å². The monoisotopic (exact) mass is 469 g/mol. The normalized spacial score (nSPS) is 10.7. The molecule has 0 atom stereocenters. The molecule has 6 nitrogen and oxygen atoms in total. The Kier molecular flexibility index (Phi) is 6.86. The summed E-state index contributed by atoms with van der Waals surface area (Å²) < 4.78 is 5.72. The van der Waals surface area contributed by atoms with Crippen LogP contribution in [0.2, 0.25) is 0 Å². The van der Waals surface area contributed by atoms with Crippen LogP contribution in [-0.2, 0) is 17.1 Å². The number of benzene rings is 1. The number of thiazole rings is 1. The first kappa shape index (κ1) is 21.4. The summed E-state index contributed by atoms with van der Waals surface area (Å²) in [4.78, 5) is 29.3. The zero-order chi connectivity index (χ0) is 21.6. The lowest BCUT2D eigenvalue weighted by molar-refractivity contribution is -0.119. The first-order valence-corrected chi connectivity index (χ1v) is 12.2. The molecule has 0 radical (unpaired) electrons. The molecule has 0 aliphatic heterocycles. The molecule has 158 valence electrons. The van der Waals surface area contributed by atoms with Crippen LogP contribution in [-0.4, -0.2) is 16.8 Å². The molecule has 0 spiro atoms. The summed E-state index contributed by atoms with van der Waals surface area (Å²) in [7, 11) is 0. The van der Waals surface area contributed by atoms with E-state index in [-0.39, 0.29) is 11.8 Å². The summed E-state index contributed by atoms with van der Waals surface area (Å²) in [6, 6.07) is 13.3. The van der Waals surface area contributed by atoms with Gasteiger partial charge in [-0.2, -0.15) is 11.3 Å². The fraction of sp³-hybridized carbons (Fsp3) is 0.136. The van der Waals surface area contributed by atoms with Crippen molar-refractivity contribution in [2.45, 2.75) is 24.1 Å². The first-order valence-electron chi connectivity index (χ1n) is 9.42. The second kappa shape index (κ2) is 9.95. The van der Waals surface area contributed by atoms with Crippen LogP contribution in [0.3, 0.4) is 0 Å². The molecule has 1 aromatic carbocycles. The molecular weight excluding hydrogens is 450 g/mol. The van der Waals surface area contributed by atoms with Crippen LogP contribution < -0.4 is 10.6 Å². The minimum absolute atomic E-state index is 0.120. The number of thioether (sulfide) groups is 1. The summed E-state index contributed by atoms with van der Waals surface area (Å²) in [6.07, 6.45) is 0. The lowest BCUT2D eigenvalue weighted by Crippen LogP contribution is -2.18. The Morgan fingerprint density at radius 3 is 2.81 bits per heavy atom. The van der Waals surface area contributed by atoms with Gasteiger partial charge in [0, 0.05) is 23.0 Å². The van der Waals surface area contributed by atoms with Gasteiger partial charge < -0.3 is 9.73 Å². The van der Waals surface area contributed by atoms with Crippen LogP contribution >= 0.6 is 34.4 Å². The van der Waals surface area contributed by atoms with Crippen molar-refractivity contribution < 1.29 is 14.0 Å². The average Bonchev–Trinajstić information content (AvgIpc) is 3.52. The maximum atomic E-state index is 12.9. The number of rotatable bonds is 8. The number of hydrogen-bond donors (Lipinski definition) is 2. The van der Waals surface area contributed by atoms with Gasteiger partial charge in [-0.15, -0.1) is 23.1 Å². The average molecular weight is 470 g/mol. The number of nitrogens with one attached hydrogen (secondary N) is 2. The van der Waals surface area contributed by atoms with E-state index in [0.717, 1.165) is 10.6 Å². The summed E-state index contributed by atoms with van der Waals surface area (Å²) in [6.45, 7) is 1.78. The van der Waals surface area contributed by atoms with E-state index in [2.05, 4.69) is 32.4 Å². The number of nitrogens with zero attached hydrogens (tertiary/aromatic N) is 1. The molecule has 31 heavy (non-hydrogen) atoms. The number of thiophene rings is 1. The molecule has 0 fully saturated rings. The summed E-state index contributed by atoms with van der Waals surface area (Å²) >= 11 is 4.64. The van der Waals surface area contributed by atoms with Crippen molar-refractivity contribution in [2.75, 3.05) is 5.32 Å². The van der Waals surface area contributed by atoms with Gasteiger partial charge >= 0.3 is 0 Å². The Morgan fingerprint density at radius 2 is 2.00 bits per heavy atom. The molecule has 0 aliphatic rings. The second-order valence-corrected chi connectivity index (χ2v) is 9.24. The highest BCUT2D eigenvalue weighted by Gasteiger charge is 2.15. The van der Waals surface area contributed by atoms with Gasteiger partial charge in [-0.1, -0.05) is 12.1 Å². The van der Waals surface area contributed by atoms with Gasteiger partial charge in [0.15, 0.2) is 10.9 Å². The van der Waals surface area contributed by atoms with E-state index in [4.69, 9.17) is 4.42 Å². The fourth-order valence-electron chi connectivity index (χ4n) is 2.75. The highest BCUT2D eigenvalue weighted by molar-refractivity contribution is 7.98. The van der Waals surface area contributed by atoms with E-state index < -0.39 is 0 Å². The van der Waals surface area contributed by atoms with Gasteiger partial charge in [-0.3, -0.25) is 14.9 Å². The van der Waals surface area contributed by atoms with E-state index in [0.29, 0.717) is 34.5 Å². The van der Waals surface area contributed by atoms with Gasteiger partial charge in [0.1, 0.15) is 11.5 Å². The van der Waals surface area contributed by atoms with Crippen LogP contribution in [0.15, 0.2) is 67.9 Å². The molecule has 4 rings (SSSR count). The minimum atomic E-state index is -0.194. The predicted molar refractivity (Wildman–Crippen MR) is 126 cm³/mol. The lowest BCUT2D eigenvalue weighted by Gasteiger charge is -2.08. The van der Waals surface area contributed by atoms with Crippen molar-refractivity contribution in [2.24, 2.45) is 0 Å². The Balaban J connectivity index is 1.42. The van der Waals surface area contributed by atoms with Crippen LogP contribution in [0.1, 0.15) is 28.6 Å².